The van der Waals surface area contributed by atoms with Gasteiger partial charge in [-0.05, 0) is 31.8 Å². The first-order valence-electron chi connectivity index (χ1n) is 6.12. The first-order valence-corrected chi connectivity index (χ1v) is 7.07. The summed E-state index contributed by atoms with van der Waals surface area (Å²) in [5.74, 6) is -1.26. The molecule has 0 fully saturated rings. The van der Waals surface area contributed by atoms with Crippen molar-refractivity contribution in [3.63, 3.8) is 0 Å². The van der Waals surface area contributed by atoms with Crippen LogP contribution >= 0.6 is 12.0 Å². The Bertz CT molecular complexity index is 340. The summed E-state index contributed by atoms with van der Waals surface area (Å²) in [7, 11) is 0. The second-order valence-corrected chi connectivity index (χ2v) is 4.81. The Labute approximate surface area is 121 Å². The third-order valence-corrected chi connectivity index (χ3v) is 3.00. The van der Waals surface area contributed by atoms with Crippen LogP contribution in [0.1, 0.15) is 19.8 Å². The second-order valence-electron chi connectivity index (χ2n) is 4.22. The van der Waals surface area contributed by atoms with E-state index >= 15 is 0 Å². The zero-order valence-electron chi connectivity index (χ0n) is 11.3. The summed E-state index contributed by atoms with van der Waals surface area (Å²) in [5, 5.41) is 13.5. The van der Waals surface area contributed by atoms with E-state index < -0.39 is 23.9 Å². The van der Waals surface area contributed by atoms with Gasteiger partial charge >= 0.3 is 0 Å². The highest BCUT2D eigenvalue weighted by Gasteiger charge is 2.18. The summed E-state index contributed by atoms with van der Waals surface area (Å²) in [6, 6.07) is -1.58. The van der Waals surface area contributed by atoms with Crippen molar-refractivity contribution < 1.29 is 24.0 Å². The fraction of sp³-hybridized carbons (Fsp3) is 0.727. The number of carbonyl (C=O) groups excluding carboxylic acids is 3. The maximum atomic E-state index is 11.6. The quantitative estimate of drug-likeness (QED) is 0.309. The van der Waals surface area contributed by atoms with Gasteiger partial charge < -0.3 is 26.0 Å². The molecular formula is C11H21N3O5S. The molecule has 0 spiro atoms. The zero-order chi connectivity index (χ0) is 15.5. The van der Waals surface area contributed by atoms with Crippen LogP contribution in [0.15, 0.2) is 0 Å². The molecule has 0 heterocycles. The van der Waals surface area contributed by atoms with Gasteiger partial charge in [0, 0.05) is 12.4 Å². The Hall–Kier alpha value is -1.16. The number of hydrogen-bond acceptors (Lipinski definition) is 7. The van der Waals surface area contributed by atoms with Crippen molar-refractivity contribution in [2.24, 2.45) is 5.73 Å². The Morgan fingerprint density at radius 2 is 2.00 bits per heavy atom. The smallest absolute Gasteiger partial charge is 0.239 e. The molecule has 0 aromatic carbocycles. The molecule has 2 unspecified atom stereocenters. The van der Waals surface area contributed by atoms with Gasteiger partial charge in [-0.1, -0.05) is 0 Å². The number of aliphatic hydroxyl groups excluding tert-OH is 1. The first kappa shape index (κ1) is 18.8. The highest BCUT2D eigenvalue weighted by molar-refractivity contribution is 7.93. The van der Waals surface area contributed by atoms with Crippen LogP contribution in [-0.2, 0) is 14.4 Å². The van der Waals surface area contributed by atoms with Crippen molar-refractivity contribution in [1.29, 1.82) is 0 Å². The number of rotatable bonds is 10. The van der Waals surface area contributed by atoms with Crippen molar-refractivity contribution in [2.75, 3.05) is 18.9 Å². The number of amides is 2. The SMILES string of the molecule is CC(=O)C(CCCO)NC(=O)CNC(=O)C(N)CSO. The molecule has 0 aliphatic rings. The predicted molar refractivity (Wildman–Crippen MR) is 75.0 cm³/mol. The van der Waals surface area contributed by atoms with Gasteiger partial charge in [0.2, 0.25) is 11.8 Å². The maximum Gasteiger partial charge on any atom is 0.239 e. The minimum atomic E-state index is -0.907. The van der Waals surface area contributed by atoms with Gasteiger partial charge in [-0.3, -0.25) is 14.4 Å². The van der Waals surface area contributed by atoms with Crippen molar-refractivity contribution in [1.82, 2.24) is 10.6 Å². The average molecular weight is 307 g/mol. The lowest BCUT2D eigenvalue weighted by atomic mass is 10.1. The second kappa shape index (κ2) is 10.6. The summed E-state index contributed by atoms with van der Waals surface area (Å²) >= 11 is 0.441. The van der Waals surface area contributed by atoms with E-state index in [9.17, 15) is 14.4 Å². The molecule has 20 heavy (non-hydrogen) atoms. The molecule has 9 heteroatoms. The van der Waals surface area contributed by atoms with E-state index in [2.05, 4.69) is 10.6 Å². The van der Waals surface area contributed by atoms with Crippen LogP contribution in [-0.4, -0.2) is 58.2 Å². The van der Waals surface area contributed by atoms with E-state index in [0.717, 1.165) is 0 Å². The largest absolute Gasteiger partial charge is 0.396 e. The third-order valence-electron chi connectivity index (χ3n) is 2.49. The average Bonchev–Trinajstić information content (AvgIpc) is 2.40. The van der Waals surface area contributed by atoms with Gasteiger partial charge in [0.25, 0.3) is 0 Å². The molecule has 0 aromatic rings. The molecule has 0 radical (unpaired) electrons. The van der Waals surface area contributed by atoms with Crippen LogP contribution < -0.4 is 16.4 Å². The molecule has 0 aromatic heterocycles. The summed E-state index contributed by atoms with van der Waals surface area (Å²) in [6.07, 6.45) is 0.738. The normalized spacial score (nSPS) is 13.4. The van der Waals surface area contributed by atoms with Crippen LogP contribution in [0.3, 0.4) is 0 Å². The Morgan fingerprint density at radius 3 is 2.50 bits per heavy atom. The minimum absolute atomic E-state index is 0.0278. The van der Waals surface area contributed by atoms with Gasteiger partial charge in [0.05, 0.1) is 18.6 Å². The van der Waals surface area contributed by atoms with Gasteiger partial charge in [-0.15, -0.1) is 0 Å². The van der Waals surface area contributed by atoms with Crippen molar-refractivity contribution in [3.05, 3.63) is 0 Å². The lowest BCUT2D eigenvalue weighted by Gasteiger charge is -2.16. The molecular weight excluding hydrogens is 286 g/mol. The number of nitrogens with one attached hydrogen (secondary N) is 2. The molecule has 2 atom stereocenters. The Morgan fingerprint density at radius 1 is 1.35 bits per heavy atom. The zero-order valence-corrected chi connectivity index (χ0v) is 12.1. The van der Waals surface area contributed by atoms with Gasteiger partial charge in [-0.25, -0.2) is 0 Å². The van der Waals surface area contributed by atoms with Crippen molar-refractivity contribution >= 4 is 29.6 Å². The summed E-state index contributed by atoms with van der Waals surface area (Å²) in [4.78, 5) is 34.2. The molecule has 0 rings (SSSR count). The monoisotopic (exact) mass is 307 g/mol. The van der Waals surface area contributed by atoms with Crippen molar-refractivity contribution in [2.45, 2.75) is 31.8 Å². The molecule has 116 valence electrons. The number of nitrogens with two attached hydrogens (primary N) is 1. The van der Waals surface area contributed by atoms with Crippen LogP contribution in [0, 0.1) is 0 Å². The fourth-order valence-corrected chi connectivity index (χ4v) is 1.68. The van der Waals surface area contributed by atoms with E-state index in [1.807, 2.05) is 0 Å². The Kier molecular flexibility index (Phi) is 9.99. The molecule has 0 saturated heterocycles. The molecule has 0 aliphatic carbocycles. The van der Waals surface area contributed by atoms with E-state index in [1.54, 1.807) is 0 Å². The minimum Gasteiger partial charge on any atom is -0.396 e. The van der Waals surface area contributed by atoms with Gasteiger partial charge in [0.15, 0.2) is 5.78 Å². The summed E-state index contributed by atoms with van der Waals surface area (Å²) in [6.45, 7) is 0.977. The fourth-order valence-electron chi connectivity index (χ4n) is 1.37. The highest BCUT2D eigenvalue weighted by Crippen LogP contribution is 1.98. The van der Waals surface area contributed by atoms with Crippen LogP contribution in [0.5, 0.6) is 0 Å². The lowest BCUT2D eigenvalue weighted by Crippen LogP contribution is -2.48. The molecule has 2 amide bonds. The van der Waals surface area contributed by atoms with Crippen LogP contribution in [0.2, 0.25) is 0 Å². The summed E-state index contributed by atoms with van der Waals surface area (Å²) < 4.78 is 8.54. The van der Waals surface area contributed by atoms with E-state index in [1.165, 1.54) is 6.92 Å². The molecule has 0 aliphatic heterocycles. The van der Waals surface area contributed by atoms with Gasteiger partial charge in [0.1, 0.15) is 0 Å². The molecule has 0 bridgehead atoms. The highest BCUT2D eigenvalue weighted by atomic mass is 32.2. The lowest BCUT2D eigenvalue weighted by molar-refractivity contribution is -0.128. The third kappa shape index (κ3) is 8.10. The number of hydrogen-bond donors (Lipinski definition) is 5. The van der Waals surface area contributed by atoms with E-state index in [0.29, 0.717) is 24.9 Å². The Balaban J connectivity index is 4.13. The molecule has 6 N–H and O–H groups in total. The van der Waals surface area contributed by atoms with Crippen LogP contribution in [0.25, 0.3) is 0 Å². The van der Waals surface area contributed by atoms with Crippen LogP contribution in [0.4, 0.5) is 0 Å². The maximum absolute atomic E-state index is 11.6. The number of carbonyl (C=O) groups is 3. The molecule has 0 saturated carbocycles. The first-order chi connectivity index (χ1) is 9.42. The predicted octanol–water partition coefficient (Wildman–Crippen LogP) is -1.52. The van der Waals surface area contributed by atoms with Crippen molar-refractivity contribution in [3.8, 4) is 0 Å². The number of aliphatic hydroxyl groups is 1. The van der Waals surface area contributed by atoms with Gasteiger partial charge in [-0.2, -0.15) is 0 Å². The number of Topliss-reactive ketones (excluding diaryl/α,β-unsaturated/α-hetero) is 1. The van der Waals surface area contributed by atoms with E-state index in [4.69, 9.17) is 15.4 Å². The number of ketones is 1. The summed E-state index contributed by atoms with van der Waals surface area (Å²) in [5.41, 5.74) is 5.42. The van der Waals surface area contributed by atoms with E-state index in [-0.39, 0.29) is 24.7 Å². The molecule has 8 nitrogen and oxygen atoms in total. The standard InChI is InChI=1S/C11H21N3O5S/c1-7(16)9(3-2-4-15)14-10(17)5-13-11(18)8(12)6-20-19/h8-9,15,19H,2-6,12H2,1H3,(H,13,18)(H,14,17). The topological polar surface area (TPSA) is 142 Å².